The second-order valence-electron chi connectivity index (χ2n) is 0.513. The second kappa shape index (κ2) is 6.43. The van der Waals surface area contributed by atoms with E-state index in [4.69, 9.17) is 19.2 Å². The van der Waals surface area contributed by atoms with E-state index in [1.807, 2.05) is 0 Å². The van der Waals surface area contributed by atoms with Crippen LogP contribution < -0.4 is 0 Å². The summed E-state index contributed by atoms with van der Waals surface area (Å²) in [4.78, 5) is 21.6. The quantitative estimate of drug-likeness (QED) is 0.363. The summed E-state index contributed by atoms with van der Waals surface area (Å²) in [7, 11) is -4.64. The first-order chi connectivity index (χ1) is 2.00. The van der Waals surface area contributed by atoms with Crippen LogP contribution in [0.5, 0.6) is 0 Å². The van der Waals surface area contributed by atoms with E-state index in [1.165, 1.54) is 0 Å². The van der Waals surface area contributed by atoms with Crippen LogP contribution in [-0.2, 0) is 4.57 Å². The molecule has 7 heavy (non-hydrogen) atoms. The molecular weight excluding hydrogens is 257 g/mol. The molecule has 0 fully saturated rings. The summed E-state index contributed by atoms with van der Waals surface area (Å²) in [6, 6.07) is 0. The Morgan fingerprint density at radius 2 is 1.14 bits per heavy atom. The Morgan fingerprint density at radius 1 is 1.14 bits per heavy atom. The molecule has 0 spiro atoms. The molecule has 3 N–H and O–H groups in total. The van der Waals surface area contributed by atoms with E-state index in [0.29, 0.717) is 0 Å². The van der Waals surface area contributed by atoms with Crippen molar-refractivity contribution in [1.29, 1.82) is 0 Å². The fourth-order valence-electron chi connectivity index (χ4n) is 0. The van der Waals surface area contributed by atoms with Gasteiger partial charge in [-0.05, 0) is 0 Å². The van der Waals surface area contributed by atoms with Gasteiger partial charge < -0.3 is 14.7 Å². The van der Waals surface area contributed by atoms with E-state index in [9.17, 15) is 0 Å². The fourth-order valence-corrected chi connectivity index (χ4v) is 0. The maximum absolute atomic E-state index is 8.88. The van der Waals surface area contributed by atoms with Gasteiger partial charge in [0, 0.05) is 35.6 Å². The molecule has 0 aromatic heterocycles. The van der Waals surface area contributed by atoms with Crippen molar-refractivity contribution in [3.8, 4) is 0 Å². The average Bonchev–Trinajstić information content (AvgIpc) is 0.722. The summed E-state index contributed by atoms with van der Waals surface area (Å²) >= 11 is 0. The Kier molecular flexibility index (Phi) is 14.8. The van der Waals surface area contributed by atoms with Crippen molar-refractivity contribution in [1.82, 2.24) is 0 Å². The van der Waals surface area contributed by atoms with Crippen LogP contribution >= 0.6 is 7.82 Å². The molecule has 7 heteroatoms. The van der Waals surface area contributed by atoms with Crippen molar-refractivity contribution in [2.45, 2.75) is 0 Å². The molecular formula is H4LaNaO4P. The molecule has 0 rings (SSSR count). The molecule has 0 amide bonds. The molecule has 4 nitrogen and oxygen atoms in total. The topological polar surface area (TPSA) is 77.8 Å². The van der Waals surface area contributed by atoms with Crippen LogP contribution in [0, 0.1) is 35.6 Å². The molecule has 37 valence electrons. The minimum absolute atomic E-state index is 0. The van der Waals surface area contributed by atoms with Crippen molar-refractivity contribution >= 4 is 37.4 Å². The van der Waals surface area contributed by atoms with E-state index in [0.717, 1.165) is 0 Å². The second-order valence-corrected chi connectivity index (χ2v) is 1.54. The summed E-state index contributed by atoms with van der Waals surface area (Å²) in [5, 5.41) is 0. The monoisotopic (exact) mass is 261 g/mol. The Hall–Kier alpha value is 2.30. The number of hydrogen-bond acceptors (Lipinski definition) is 1. The molecule has 0 unspecified atom stereocenters. The predicted molar refractivity (Wildman–Crippen MR) is 21.4 cm³/mol. The maximum atomic E-state index is 8.88. The van der Waals surface area contributed by atoms with E-state index in [2.05, 4.69) is 0 Å². The molecule has 0 aromatic carbocycles. The summed E-state index contributed by atoms with van der Waals surface area (Å²) in [6.07, 6.45) is 0. The molecule has 0 aliphatic carbocycles. The molecule has 0 aliphatic heterocycles. The van der Waals surface area contributed by atoms with Gasteiger partial charge in [-0.3, -0.25) is 0 Å². The van der Waals surface area contributed by atoms with Crippen LogP contribution in [0.4, 0.5) is 0 Å². The van der Waals surface area contributed by atoms with Gasteiger partial charge in [-0.2, -0.15) is 0 Å². The normalized spacial score (nSPS) is 8.43. The van der Waals surface area contributed by atoms with E-state index in [-0.39, 0.29) is 65.2 Å². The van der Waals surface area contributed by atoms with Gasteiger partial charge in [-0.1, -0.05) is 0 Å². The molecule has 0 aliphatic rings. The van der Waals surface area contributed by atoms with Crippen LogP contribution in [0.3, 0.4) is 0 Å². The van der Waals surface area contributed by atoms with Gasteiger partial charge in [0.05, 0.1) is 0 Å². The summed E-state index contributed by atoms with van der Waals surface area (Å²) in [5.41, 5.74) is 0. The molecule has 0 saturated heterocycles. The Balaban J connectivity index is -0.0000000800. The van der Waals surface area contributed by atoms with Gasteiger partial charge in [0.15, 0.2) is 0 Å². The zero-order valence-electron chi connectivity index (χ0n) is 2.77. The van der Waals surface area contributed by atoms with Crippen LogP contribution in [0.15, 0.2) is 0 Å². The first-order valence-electron chi connectivity index (χ1n) is 0.783. The molecule has 0 aromatic rings. The standard InChI is InChI=1S/La.Na.H3O4P.H/c;;1-5(2,3)4;/h;;(H3,1,2,3,4);. The molecule has 0 bridgehead atoms. The van der Waals surface area contributed by atoms with Gasteiger partial charge in [0.25, 0.3) is 0 Å². The first kappa shape index (κ1) is 16.1. The third kappa shape index (κ3) is 62.1. The van der Waals surface area contributed by atoms with Crippen LogP contribution in [0.25, 0.3) is 0 Å². The SMILES string of the molecule is O=P(O)(O)O.[La].[NaH]. The van der Waals surface area contributed by atoms with Gasteiger partial charge in [0.2, 0.25) is 0 Å². The summed E-state index contributed by atoms with van der Waals surface area (Å²) < 4.78 is 8.88. The Labute approximate surface area is 90.8 Å². The Bertz CT molecular complexity index is 57.8. The van der Waals surface area contributed by atoms with E-state index in [1.54, 1.807) is 0 Å². The van der Waals surface area contributed by atoms with Crippen molar-refractivity contribution in [3.63, 3.8) is 0 Å². The Morgan fingerprint density at radius 3 is 1.14 bits per heavy atom. The average molecular weight is 261 g/mol. The van der Waals surface area contributed by atoms with Crippen molar-refractivity contribution < 1.29 is 54.8 Å². The van der Waals surface area contributed by atoms with E-state index >= 15 is 0 Å². The van der Waals surface area contributed by atoms with Crippen LogP contribution in [0.2, 0.25) is 0 Å². The third-order valence-electron chi connectivity index (χ3n) is 0. The third-order valence-corrected chi connectivity index (χ3v) is 0. The van der Waals surface area contributed by atoms with E-state index < -0.39 is 7.82 Å². The number of hydrogen-bond donors (Lipinski definition) is 3. The predicted octanol–water partition coefficient (Wildman–Crippen LogP) is -1.58. The molecule has 0 atom stereocenters. The van der Waals surface area contributed by atoms with Gasteiger partial charge >= 0.3 is 37.4 Å². The van der Waals surface area contributed by atoms with Crippen LogP contribution in [-0.4, -0.2) is 44.2 Å². The number of rotatable bonds is 0. The van der Waals surface area contributed by atoms with Gasteiger partial charge in [0.1, 0.15) is 0 Å². The van der Waals surface area contributed by atoms with Gasteiger partial charge in [-0.25, -0.2) is 4.57 Å². The summed E-state index contributed by atoms with van der Waals surface area (Å²) in [6.45, 7) is 0. The minimum atomic E-state index is -4.64. The van der Waals surface area contributed by atoms with Crippen molar-refractivity contribution in [2.24, 2.45) is 0 Å². The summed E-state index contributed by atoms with van der Waals surface area (Å²) in [5.74, 6) is 0. The number of phosphoric acid groups is 1. The molecule has 0 saturated carbocycles. The van der Waals surface area contributed by atoms with Crippen LogP contribution in [0.1, 0.15) is 0 Å². The molecule has 0 heterocycles. The van der Waals surface area contributed by atoms with Crippen molar-refractivity contribution in [2.75, 3.05) is 0 Å². The fraction of sp³-hybridized carbons (Fsp3) is 0. The zero-order valence-corrected chi connectivity index (χ0v) is 7.29. The van der Waals surface area contributed by atoms with Gasteiger partial charge in [-0.15, -0.1) is 0 Å². The first-order valence-corrected chi connectivity index (χ1v) is 2.35. The zero-order chi connectivity index (χ0) is 4.50. The molecule has 1 radical (unpaired) electrons. The van der Waals surface area contributed by atoms with Crippen molar-refractivity contribution in [3.05, 3.63) is 0 Å².